The van der Waals surface area contributed by atoms with E-state index < -0.39 is 0 Å². The second-order valence-electron chi connectivity index (χ2n) is 3.47. The van der Waals surface area contributed by atoms with Gasteiger partial charge in [0.05, 0.1) is 0 Å². The molecule has 0 aromatic rings. The third kappa shape index (κ3) is 4.80. The van der Waals surface area contributed by atoms with Gasteiger partial charge in [0.15, 0.2) is 0 Å². The molecule has 0 heterocycles. The lowest BCUT2D eigenvalue weighted by Gasteiger charge is -2.14. The smallest absolute Gasteiger partial charge is 0.00518 e. The molecule has 10 heavy (non-hydrogen) atoms. The minimum atomic E-state index is 0.844. The van der Waals surface area contributed by atoms with Crippen LogP contribution < -0.4 is 5.32 Å². The predicted octanol–water partition coefficient (Wildman–Crippen LogP) is 2.28. The van der Waals surface area contributed by atoms with E-state index in [4.69, 9.17) is 0 Å². The molecule has 1 atom stereocenters. The fourth-order valence-electron chi connectivity index (χ4n) is 0.934. The molecule has 0 bridgehead atoms. The highest BCUT2D eigenvalue weighted by atomic mass is 14.8. The van der Waals surface area contributed by atoms with Gasteiger partial charge in [-0.1, -0.05) is 20.8 Å². The van der Waals surface area contributed by atoms with Crippen LogP contribution in [0.4, 0.5) is 0 Å². The Morgan fingerprint density at radius 2 is 1.80 bits per heavy atom. The SMILES string of the molecule is CNCCCC(C)C(C)C. The molecule has 0 radical (unpaired) electrons. The zero-order valence-electron chi connectivity index (χ0n) is 7.78. The molecule has 0 rings (SSSR count). The Balaban J connectivity index is 3.13. The monoisotopic (exact) mass is 143 g/mol. The van der Waals surface area contributed by atoms with E-state index in [0.717, 1.165) is 18.4 Å². The predicted molar refractivity (Wildman–Crippen MR) is 47.2 cm³/mol. The summed E-state index contributed by atoms with van der Waals surface area (Å²) in [6, 6.07) is 0. The first kappa shape index (κ1) is 9.96. The first-order chi connectivity index (χ1) is 4.68. The molecule has 0 aliphatic carbocycles. The van der Waals surface area contributed by atoms with Gasteiger partial charge < -0.3 is 5.32 Å². The fraction of sp³-hybridized carbons (Fsp3) is 1.00. The van der Waals surface area contributed by atoms with Crippen LogP contribution >= 0.6 is 0 Å². The molecule has 1 unspecified atom stereocenters. The number of nitrogens with one attached hydrogen (secondary N) is 1. The molecule has 0 aliphatic heterocycles. The highest BCUT2D eigenvalue weighted by Gasteiger charge is 2.04. The van der Waals surface area contributed by atoms with Crippen molar-refractivity contribution in [1.82, 2.24) is 5.32 Å². The summed E-state index contributed by atoms with van der Waals surface area (Å²) < 4.78 is 0. The maximum Gasteiger partial charge on any atom is -0.00518 e. The molecule has 62 valence electrons. The van der Waals surface area contributed by atoms with E-state index in [-0.39, 0.29) is 0 Å². The molecule has 0 saturated heterocycles. The van der Waals surface area contributed by atoms with E-state index in [0.29, 0.717) is 0 Å². The minimum absolute atomic E-state index is 0.844. The maximum absolute atomic E-state index is 3.16. The van der Waals surface area contributed by atoms with E-state index in [2.05, 4.69) is 26.1 Å². The molecular formula is C9H21N. The van der Waals surface area contributed by atoms with Crippen molar-refractivity contribution >= 4 is 0 Å². The fourth-order valence-corrected chi connectivity index (χ4v) is 0.934. The van der Waals surface area contributed by atoms with Gasteiger partial charge in [-0.05, 0) is 38.3 Å². The molecule has 1 nitrogen and oxygen atoms in total. The molecule has 0 saturated carbocycles. The topological polar surface area (TPSA) is 12.0 Å². The summed E-state index contributed by atoms with van der Waals surface area (Å²) in [7, 11) is 2.01. The average molecular weight is 143 g/mol. The summed E-state index contributed by atoms with van der Waals surface area (Å²) in [4.78, 5) is 0. The molecule has 0 aromatic carbocycles. The zero-order chi connectivity index (χ0) is 7.98. The number of hydrogen-bond donors (Lipinski definition) is 1. The van der Waals surface area contributed by atoms with Crippen molar-refractivity contribution in [2.24, 2.45) is 11.8 Å². The number of rotatable bonds is 5. The lowest BCUT2D eigenvalue weighted by Crippen LogP contribution is -2.11. The second-order valence-corrected chi connectivity index (χ2v) is 3.47. The van der Waals surface area contributed by atoms with Crippen LogP contribution in [0.15, 0.2) is 0 Å². The van der Waals surface area contributed by atoms with Crippen molar-refractivity contribution < 1.29 is 0 Å². The highest BCUT2D eigenvalue weighted by molar-refractivity contribution is 4.57. The van der Waals surface area contributed by atoms with E-state index in [1.165, 1.54) is 12.8 Å². The molecule has 0 fully saturated rings. The Hall–Kier alpha value is -0.0400. The largest absolute Gasteiger partial charge is 0.320 e. The second kappa shape index (κ2) is 5.72. The van der Waals surface area contributed by atoms with Gasteiger partial charge in [-0.3, -0.25) is 0 Å². The van der Waals surface area contributed by atoms with Crippen LogP contribution in [0.3, 0.4) is 0 Å². The quantitative estimate of drug-likeness (QED) is 0.582. The van der Waals surface area contributed by atoms with Crippen LogP contribution in [-0.2, 0) is 0 Å². The van der Waals surface area contributed by atoms with Crippen LogP contribution in [0.5, 0.6) is 0 Å². The molecule has 1 heteroatoms. The Morgan fingerprint density at radius 3 is 2.20 bits per heavy atom. The molecule has 0 amide bonds. The van der Waals surface area contributed by atoms with Gasteiger partial charge in [-0.2, -0.15) is 0 Å². The van der Waals surface area contributed by atoms with Gasteiger partial charge in [0.1, 0.15) is 0 Å². The van der Waals surface area contributed by atoms with Gasteiger partial charge in [-0.15, -0.1) is 0 Å². The zero-order valence-corrected chi connectivity index (χ0v) is 7.78. The normalized spacial score (nSPS) is 14.1. The Bertz CT molecular complexity index is 69.1. The van der Waals surface area contributed by atoms with Gasteiger partial charge >= 0.3 is 0 Å². The van der Waals surface area contributed by atoms with Gasteiger partial charge in [0.2, 0.25) is 0 Å². The first-order valence-corrected chi connectivity index (χ1v) is 4.33. The highest BCUT2D eigenvalue weighted by Crippen LogP contribution is 2.14. The summed E-state index contributed by atoms with van der Waals surface area (Å²) in [5, 5.41) is 3.16. The van der Waals surface area contributed by atoms with Crippen molar-refractivity contribution in [3.05, 3.63) is 0 Å². The van der Waals surface area contributed by atoms with Crippen LogP contribution in [0.1, 0.15) is 33.6 Å². The Labute approximate surface area is 65.2 Å². The van der Waals surface area contributed by atoms with E-state index in [1.54, 1.807) is 0 Å². The van der Waals surface area contributed by atoms with Crippen molar-refractivity contribution in [2.45, 2.75) is 33.6 Å². The van der Waals surface area contributed by atoms with Crippen molar-refractivity contribution in [3.8, 4) is 0 Å². The standard InChI is InChI=1S/C9H21N/c1-8(2)9(3)6-5-7-10-4/h8-10H,5-7H2,1-4H3. The van der Waals surface area contributed by atoms with E-state index in [9.17, 15) is 0 Å². The van der Waals surface area contributed by atoms with E-state index in [1.807, 2.05) is 7.05 Å². The molecule has 0 spiro atoms. The van der Waals surface area contributed by atoms with Crippen LogP contribution in [0.2, 0.25) is 0 Å². The summed E-state index contributed by atoms with van der Waals surface area (Å²) in [5.41, 5.74) is 0. The Morgan fingerprint density at radius 1 is 1.20 bits per heavy atom. The molecule has 0 aromatic heterocycles. The third-order valence-corrected chi connectivity index (χ3v) is 2.22. The summed E-state index contributed by atoms with van der Waals surface area (Å²) in [6.07, 6.45) is 2.67. The Kier molecular flexibility index (Phi) is 5.70. The van der Waals surface area contributed by atoms with Crippen LogP contribution in [-0.4, -0.2) is 13.6 Å². The summed E-state index contributed by atoms with van der Waals surface area (Å²) >= 11 is 0. The maximum atomic E-state index is 3.16. The lowest BCUT2D eigenvalue weighted by molar-refractivity contribution is 0.381. The summed E-state index contributed by atoms with van der Waals surface area (Å²) in [5.74, 6) is 1.73. The lowest BCUT2D eigenvalue weighted by atomic mass is 9.93. The van der Waals surface area contributed by atoms with Crippen molar-refractivity contribution in [2.75, 3.05) is 13.6 Å². The molecule has 0 aliphatic rings. The third-order valence-electron chi connectivity index (χ3n) is 2.22. The van der Waals surface area contributed by atoms with E-state index >= 15 is 0 Å². The first-order valence-electron chi connectivity index (χ1n) is 4.33. The van der Waals surface area contributed by atoms with Crippen LogP contribution in [0, 0.1) is 11.8 Å². The van der Waals surface area contributed by atoms with Gasteiger partial charge in [0, 0.05) is 0 Å². The molecular weight excluding hydrogens is 122 g/mol. The molecule has 1 N–H and O–H groups in total. The van der Waals surface area contributed by atoms with Gasteiger partial charge in [0.25, 0.3) is 0 Å². The number of hydrogen-bond acceptors (Lipinski definition) is 1. The minimum Gasteiger partial charge on any atom is -0.320 e. The van der Waals surface area contributed by atoms with Crippen molar-refractivity contribution in [3.63, 3.8) is 0 Å². The summed E-state index contributed by atoms with van der Waals surface area (Å²) in [6.45, 7) is 8.09. The average Bonchev–Trinajstić information content (AvgIpc) is 1.88. The van der Waals surface area contributed by atoms with Gasteiger partial charge in [-0.25, -0.2) is 0 Å². The van der Waals surface area contributed by atoms with Crippen molar-refractivity contribution in [1.29, 1.82) is 0 Å². The van der Waals surface area contributed by atoms with Crippen LogP contribution in [0.25, 0.3) is 0 Å².